The van der Waals surface area contributed by atoms with Crippen LogP contribution < -0.4 is 0 Å². The molecule has 88 heavy (non-hydrogen) atoms. The summed E-state index contributed by atoms with van der Waals surface area (Å²) < 4.78 is 68.2. The molecule has 0 aliphatic rings. The molecule has 0 amide bonds. The molecule has 5 atom stereocenters. The summed E-state index contributed by atoms with van der Waals surface area (Å²) in [6, 6.07) is 0. The zero-order valence-corrected chi connectivity index (χ0v) is 58.8. The molecule has 3 N–H and O–H groups in total. The number of phosphoric acid groups is 2. The predicted molar refractivity (Wildman–Crippen MR) is 354 cm³/mol. The Morgan fingerprint density at radius 3 is 0.773 bits per heavy atom. The molecular formula is C69H134O17P2. The fourth-order valence-corrected chi connectivity index (χ4v) is 12.0. The highest BCUT2D eigenvalue weighted by Gasteiger charge is 2.30. The number of aliphatic hydroxyl groups is 1. The lowest BCUT2D eigenvalue weighted by atomic mass is 10.0. The van der Waals surface area contributed by atoms with E-state index in [1.165, 1.54) is 161 Å². The van der Waals surface area contributed by atoms with Crippen molar-refractivity contribution in [2.45, 2.75) is 368 Å². The third-order valence-corrected chi connectivity index (χ3v) is 17.9. The summed E-state index contributed by atoms with van der Waals surface area (Å²) >= 11 is 0. The third-order valence-electron chi connectivity index (χ3n) is 16.0. The number of carbonyl (C=O) groups excluding carboxylic acids is 4. The highest BCUT2D eigenvalue weighted by atomic mass is 31.2. The number of ether oxygens (including phenoxy) is 4. The molecule has 0 fully saturated rings. The van der Waals surface area contributed by atoms with Crippen LogP contribution in [0.15, 0.2) is 0 Å². The van der Waals surface area contributed by atoms with Crippen LogP contribution in [0.4, 0.5) is 0 Å². The molecule has 0 spiro atoms. The van der Waals surface area contributed by atoms with Gasteiger partial charge in [-0.3, -0.25) is 37.3 Å². The van der Waals surface area contributed by atoms with Gasteiger partial charge >= 0.3 is 39.5 Å². The van der Waals surface area contributed by atoms with Gasteiger partial charge in [-0.1, -0.05) is 298 Å². The quantitative estimate of drug-likeness (QED) is 0.0222. The molecule has 0 bridgehead atoms. The summed E-state index contributed by atoms with van der Waals surface area (Å²) in [5.41, 5.74) is 0. The van der Waals surface area contributed by atoms with Crippen LogP contribution in [0.5, 0.6) is 0 Å². The van der Waals surface area contributed by atoms with E-state index >= 15 is 0 Å². The van der Waals surface area contributed by atoms with Crippen molar-refractivity contribution in [1.82, 2.24) is 0 Å². The van der Waals surface area contributed by atoms with Crippen LogP contribution in [0.3, 0.4) is 0 Å². The van der Waals surface area contributed by atoms with Crippen LogP contribution >= 0.6 is 15.6 Å². The van der Waals surface area contributed by atoms with Crippen molar-refractivity contribution in [1.29, 1.82) is 0 Å². The number of esters is 4. The highest BCUT2D eigenvalue weighted by Crippen LogP contribution is 2.45. The van der Waals surface area contributed by atoms with Gasteiger partial charge in [0.25, 0.3) is 0 Å². The number of carbonyl (C=O) groups is 4. The third kappa shape index (κ3) is 62.8. The van der Waals surface area contributed by atoms with E-state index in [1.54, 1.807) is 0 Å². The van der Waals surface area contributed by atoms with Crippen molar-refractivity contribution in [3.05, 3.63) is 0 Å². The normalized spacial score (nSPS) is 14.2. The predicted octanol–water partition coefficient (Wildman–Crippen LogP) is 19.6. The van der Waals surface area contributed by atoms with Crippen molar-refractivity contribution >= 4 is 39.5 Å². The zero-order chi connectivity index (χ0) is 65.0. The summed E-state index contributed by atoms with van der Waals surface area (Å²) in [6.45, 7) is 9.41. The second-order valence-corrected chi connectivity index (χ2v) is 28.8. The number of aliphatic hydroxyl groups excluding tert-OH is 1. The summed E-state index contributed by atoms with van der Waals surface area (Å²) in [5.74, 6) is -0.729. The van der Waals surface area contributed by atoms with Crippen molar-refractivity contribution in [3.8, 4) is 0 Å². The monoisotopic (exact) mass is 1300 g/mol. The minimum absolute atomic E-state index is 0.103. The average molecular weight is 1300 g/mol. The first kappa shape index (κ1) is 86.1. The smallest absolute Gasteiger partial charge is 0.462 e. The molecule has 0 aromatic heterocycles. The maximum atomic E-state index is 13.0. The summed E-state index contributed by atoms with van der Waals surface area (Å²) in [7, 11) is -9.89. The standard InChI is InChI=1S/C69H134O17P2/c1-7-9-11-13-15-17-19-20-21-22-23-24-25-26-28-34-41-47-53-68(73)85-64(58-80-67(72)52-46-40-35-29-31-37-43-49-61(3)4)59-83-87(75,76)81-55-63(70)56-82-88(77,78)84-60-65(86-69(74)54-48-42-36-30-32-38-44-50-62(5)6)57-79-66(71)51-45-39-33-27-18-16-14-12-10-8-2/h61-65,70H,7-60H2,1-6H3,(H,75,76)(H,77,78)/t63-,64-,65-/m1/s1. The maximum Gasteiger partial charge on any atom is 0.472 e. The first-order valence-corrected chi connectivity index (χ1v) is 39.0. The van der Waals surface area contributed by atoms with Gasteiger partial charge < -0.3 is 33.8 Å². The first-order chi connectivity index (χ1) is 42.4. The molecule has 0 heterocycles. The van der Waals surface area contributed by atoms with Gasteiger partial charge in [-0.15, -0.1) is 0 Å². The number of phosphoric ester groups is 2. The Balaban J connectivity index is 5.19. The fraction of sp³-hybridized carbons (Fsp3) is 0.942. The first-order valence-electron chi connectivity index (χ1n) is 36.0. The van der Waals surface area contributed by atoms with Crippen molar-refractivity contribution in [2.24, 2.45) is 11.8 Å². The van der Waals surface area contributed by atoms with Crippen LogP contribution in [-0.4, -0.2) is 96.7 Å². The number of unbranched alkanes of at least 4 members (excludes halogenated alkanes) is 38. The van der Waals surface area contributed by atoms with Gasteiger partial charge in [0.2, 0.25) is 0 Å². The Labute approximate surface area is 537 Å². The van der Waals surface area contributed by atoms with E-state index in [1.807, 2.05) is 0 Å². The van der Waals surface area contributed by atoms with Crippen molar-refractivity contribution in [3.63, 3.8) is 0 Å². The lowest BCUT2D eigenvalue weighted by Crippen LogP contribution is -2.30. The molecular weight excluding hydrogens is 1160 g/mol. The molecule has 2 unspecified atom stereocenters. The molecule has 0 rings (SSSR count). The summed E-state index contributed by atoms with van der Waals surface area (Å²) in [6.07, 6.45) is 46.0. The largest absolute Gasteiger partial charge is 0.472 e. The van der Waals surface area contributed by atoms with E-state index in [9.17, 15) is 43.2 Å². The van der Waals surface area contributed by atoms with E-state index in [-0.39, 0.29) is 25.7 Å². The van der Waals surface area contributed by atoms with E-state index in [0.29, 0.717) is 37.5 Å². The van der Waals surface area contributed by atoms with Gasteiger partial charge in [0.1, 0.15) is 19.3 Å². The molecule has 0 radical (unpaired) electrons. The van der Waals surface area contributed by atoms with Crippen molar-refractivity contribution < 1.29 is 80.2 Å². The minimum Gasteiger partial charge on any atom is -0.462 e. The second kappa shape index (κ2) is 61.3. The molecule has 19 heteroatoms. The SMILES string of the molecule is CCCCCCCCCCCCCCCCCCCCC(=O)O[C@H](COC(=O)CCCCCCCCCC(C)C)COP(=O)(O)OC[C@@H](O)COP(=O)(O)OC[C@@H](COC(=O)CCCCCCCCCCCC)OC(=O)CCCCCCCCCC(C)C. The molecule has 0 saturated heterocycles. The van der Waals surface area contributed by atoms with Gasteiger partial charge in [0.05, 0.1) is 26.4 Å². The Bertz CT molecular complexity index is 1720. The molecule has 0 aromatic rings. The molecule has 0 aliphatic heterocycles. The molecule has 0 aliphatic carbocycles. The lowest BCUT2D eigenvalue weighted by Gasteiger charge is -2.21. The highest BCUT2D eigenvalue weighted by molar-refractivity contribution is 7.47. The van der Waals surface area contributed by atoms with Gasteiger partial charge in [-0.25, -0.2) is 9.13 Å². The molecule has 0 saturated carbocycles. The van der Waals surface area contributed by atoms with Crippen LogP contribution in [0.25, 0.3) is 0 Å². The Kier molecular flexibility index (Phi) is 59.9. The molecule has 522 valence electrons. The van der Waals surface area contributed by atoms with E-state index in [4.69, 9.17) is 37.0 Å². The van der Waals surface area contributed by atoms with E-state index in [0.717, 1.165) is 96.3 Å². The van der Waals surface area contributed by atoms with Crippen molar-refractivity contribution in [2.75, 3.05) is 39.6 Å². The van der Waals surface area contributed by atoms with Gasteiger partial charge in [-0.05, 0) is 37.5 Å². The van der Waals surface area contributed by atoms with Crippen LogP contribution in [0, 0.1) is 11.8 Å². The van der Waals surface area contributed by atoms with E-state index in [2.05, 4.69) is 41.5 Å². The van der Waals surface area contributed by atoms with Gasteiger partial charge in [-0.2, -0.15) is 0 Å². The Morgan fingerprint density at radius 2 is 0.523 bits per heavy atom. The molecule has 17 nitrogen and oxygen atoms in total. The Hall–Kier alpha value is -1.94. The Morgan fingerprint density at radius 1 is 0.307 bits per heavy atom. The summed E-state index contributed by atoms with van der Waals surface area (Å²) in [4.78, 5) is 72.4. The van der Waals surface area contributed by atoms with Crippen LogP contribution in [0.2, 0.25) is 0 Å². The fourth-order valence-electron chi connectivity index (χ4n) is 10.4. The maximum absolute atomic E-state index is 13.0. The topological polar surface area (TPSA) is 237 Å². The summed E-state index contributed by atoms with van der Waals surface area (Å²) in [5, 5.41) is 10.6. The number of hydrogen-bond donors (Lipinski definition) is 3. The lowest BCUT2D eigenvalue weighted by molar-refractivity contribution is -0.161. The van der Waals surface area contributed by atoms with Crippen LogP contribution in [-0.2, 0) is 65.4 Å². The van der Waals surface area contributed by atoms with E-state index < -0.39 is 97.5 Å². The second-order valence-electron chi connectivity index (χ2n) is 25.9. The van der Waals surface area contributed by atoms with Crippen LogP contribution in [0.1, 0.15) is 350 Å². The van der Waals surface area contributed by atoms with Gasteiger partial charge in [0, 0.05) is 25.7 Å². The minimum atomic E-state index is -4.95. The number of rotatable bonds is 68. The number of hydrogen-bond acceptors (Lipinski definition) is 15. The zero-order valence-electron chi connectivity index (χ0n) is 57.0. The average Bonchev–Trinajstić information content (AvgIpc) is 3.58. The molecule has 0 aromatic carbocycles. The van der Waals surface area contributed by atoms with Gasteiger partial charge in [0.15, 0.2) is 12.2 Å².